The van der Waals surface area contributed by atoms with Crippen molar-refractivity contribution in [3.8, 4) is 0 Å². The van der Waals surface area contributed by atoms with Gasteiger partial charge in [0, 0.05) is 23.4 Å². The molecule has 1 aliphatic heterocycles. The Balaban J connectivity index is 2.21. The minimum atomic E-state index is -0.502. The third kappa shape index (κ3) is 3.47. The molecule has 1 saturated heterocycles. The van der Waals surface area contributed by atoms with Crippen LogP contribution in [-0.4, -0.2) is 34.5 Å². The summed E-state index contributed by atoms with van der Waals surface area (Å²) < 4.78 is 5.60. The van der Waals surface area contributed by atoms with Crippen molar-refractivity contribution in [1.82, 2.24) is 4.90 Å². The van der Waals surface area contributed by atoms with Gasteiger partial charge < -0.3 is 9.64 Å². The summed E-state index contributed by atoms with van der Waals surface area (Å²) in [6.07, 6.45) is 4.53. The van der Waals surface area contributed by atoms with E-state index >= 15 is 0 Å². The van der Waals surface area contributed by atoms with Gasteiger partial charge in [-0.2, -0.15) is 0 Å². The zero-order valence-electron chi connectivity index (χ0n) is 14.9. The number of carbonyl (C=O) groups excluding carboxylic acids is 2. The summed E-state index contributed by atoms with van der Waals surface area (Å²) in [4.78, 5) is 27.2. The monoisotopic (exact) mass is 309 g/mol. The van der Waals surface area contributed by atoms with E-state index < -0.39 is 5.60 Å². The molecule has 3 atom stereocenters. The topological polar surface area (TPSA) is 46.6 Å². The van der Waals surface area contributed by atoms with Crippen LogP contribution in [0.15, 0.2) is 0 Å². The Labute approximate surface area is 134 Å². The third-order valence-corrected chi connectivity index (χ3v) is 5.11. The van der Waals surface area contributed by atoms with Crippen molar-refractivity contribution >= 4 is 11.9 Å². The van der Waals surface area contributed by atoms with Crippen LogP contribution in [0, 0.1) is 11.3 Å². The number of piperidine rings is 1. The molecule has 4 nitrogen and oxygen atoms in total. The standard InChI is InChI=1S/C18H31NO3/c1-12-8-7-9-14(13-10-11-18(5,6)15(13)20)19(12)16(21)22-17(2,3)4/h12-14H,7-11H2,1-6H3. The molecule has 1 heterocycles. The Kier molecular flexibility index (Phi) is 4.61. The van der Waals surface area contributed by atoms with E-state index in [1.165, 1.54) is 0 Å². The van der Waals surface area contributed by atoms with Crippen molar-refractivity contribution in [3.05, 3.63) is 0 Å². The van der Waals surface area contributed by atoms with Crippen molar-refractivity contribution in [2.45, 2.75) is 91.3 Å². The molecule has 1 saturated carbocycles. The fraction of sp³-hybridized carbons (Fsp3) is 0.889. The number of hydrogen-bond acceptors (Lipinski definition) is 3. The van der Waals surface area contributed by atoms with Crippen LogP contribution in [0.3, 0.4) is 0 Å². The van der Waals surface area contributed by atoms with Crippen LogP contribution < -0.4 is 0 Å². The molecule has 2 fully saturated rings. The number of hydrogen-bond donors (Lipinski definition) is 0. The minimum absolute atomic E-state index is 0.00729. The third-order valence-electron chi connectivity index (χ3n) is 5.11. The van der Waals surface area contributed by atoms with Gasteiger partial charge in [0.25, 0.3) is 0 Å². The van der Waals surface area contributed by atoms with Crippen LogP contribution in [0.1, 0.15) is 73.6 Å². The lowest BCUT2D eigenvalue weighted by atomic mass is 9.82. The SMILES string of the molecule is CC1CCCC(C2CCC(C)(C)C2=O)N1C(=O)OC(C)(C)C. The van der Waals surface area contributed by atoms with Crippen LogP contribution >= 0.6 is 0 Å². The van der Waals surface area contributed by atoms with Gasteiger partial charge in [-0.05, 0) is 59.8 Å². The Morgan fingerprint density at radius 1 is 1.23 bits per heavy atom. The number of rotatable bonds is 1. The first-order valence-electron chi connectivity index (χ1n) is 8.58. The van der Waals surface area contributed by atoms with Crippen molar-refractivity contribution < 1.29 is 14.3 Å². The Morgan fingerprint density at radius 2 is 1.86 bits per heavy atom. The number of nitrogens with zero attached hydrogens (tertiary/aromatic N) is 1. The number of Topliss-reactive ketones (excluding diaryl/α,β-unsaturated/α-hetero) is 1. The van der Waals surface area contributed by atoms with Gasteiger partial charge in [0.2, 0.25) is 0 Å². The molecule has 1 aliphatic carbocycles. The molecule has 0 bridgehead atoms. The number of ketones is 1. The molecule has 0 aromatic heterocycles. The molecule has 0 spiro atoms. The second kappa shape index (κ2) is 5.86. The van der Waals surface area contributed by atoms with Crippen molar-refractivity contribution in [2.75, 3.05) is 0 Å². The summed E-state index contributed by atoms with van der Waals surface area (Å²) in [6.45, 7) is 11.8. The zero-order valence-corrected chi connectivity index (χ0v) is 14.9. The van der Waals surface area contributed by atoms with E-state index in [0.29, 0.717) is 5.78 Å². The van der Waals surface area contributed by atoms with Crippen molar-refractivity contribution in [2.24, 2.45) is 11.3 Å². The Bertz CT molecular complexity index is 450. The second-order valence-corrected chi connectivity index (χ2v) is 8.63. The van der Waals surface area contributed by atoms with Gasteiger partial charge in [-0.1, -0.05) is 13.8 Å². The average Bonchev–Trinajstić information content (AvgIpc) is 2.62. The number of ether oxygens (including phenoxy) is 1. The highest BCUT2D eigenvalue weighted by Gasteiger charge is 2.48. The summed E-state index contributed by atoms with van der Waals surface area (Å²) in [5.41, 5.74) is -0.747. The smallest absolute Gasteiger partial charge is 0.410 e. The van der Waals surface area contributed by atoms with E-state index in [-0.39, 0.29) is 29.5 Å². The minimum Gasteiger partial charge on any atom is -0.444 e. The van der Waals surface area contributed by atoms with Crippen LogP contribution in [0.4, 0.5) is 4.79 Å². The highest BCUT2D eigenvalue weighted by Crippen LogP contribution is 2.43. The molecule has 0 aromatic rings. The fourth-order valence-corrected chi connectivity index (χ4v) is 3.89. The molecule has 4 heteroatoms. The van der Waals surface area contributed by atoms with Gasteiger partial charge in [-0.15, -0.1) is 0 Å². The highest BCUT2D eigenvalue weighted by molar-refractivity contribution is 5.89. The van der Waals surface area contributed by atoms with Crippen LogP contribution in [0.2, 0.25) is 0 Å². The van der Waals surface area contributed by atoms with Gasteiger partial charge in [0.1, 0.15) is 11.4 Å². The zero-order chi connectivity index (χ0) is 16.7. The average molecular weight is 309 g/mol. The summed E-state index contributed by atoms with van der Waals surface area (Å²) in [7, 11) is 0. The van der Waals surface area contributed by atoms with Crippen LogP contribution in [0.25, 0.3) is 0 Å². The van der Waals surface area contributed by atoms with Gasteiger partial charge in [0.05, 0.1) is 0 Å². The first kappa shape index (κ1) is 17.3. The molecule has 126 valence electrons. The number of amides is 1. The van der Waals surface area contributed by atoms with Gasteiger partial charge in [-0.3, -0.25) is 4.79 Å². The molecule has 0 radical (unpaired) electrons. The molecule has 0 N–H and O–H groups in total. The van der Waals surface area contributed by atoms with Crippen LogP contribution in [-0.2, 0) is 9.53 Å². The maximum atomic E-state index is 12.7. The van der Waals surface area contributed by atoms with Crippen molar-refractivity contribution in [1.29, 1.82) is 0 Å². The molecule has 2 aliphatic rings. The molecule has 2 rings (SSSR count). The maximum absolute atomic E-state index is 12.7. The maximum Gasteiger partial charge on any atom is 0.410 e. The summed E-state index contributed by atoms with van der Waals surface area (Å²) >= 11 is 0. The molecule has 0 aromatic carbocycles. The Hall–Kier alpha value is -1.06. The van der Waals surface area contributed by atoms with E-state index in [1.807, 2.05) is 39.5 Å². The predicted molar refractivity (Wildman–Crippen MR) is 86.7 cm³/mol. The molecular formula is C18H31NO3. The van der Waals surface area contributed by atoms with Crippen LogP contribution in [0.5, 0.6) is 0 Å². The molecular weight excluding hydrogens is 278 g/mol. The van der Waals surface area contributed by atoms with Crippen molar-refractivity contribution in [3.63, 3.8) is 0 Å². The van der Waals surface area contributed by atoms with E-state index in [4.69, 9.17) is 4.74 Å². The second-order valence-electron chi connectivity index (χ2n) is 8.63. The normalized spacial score (nSPS) is 32.2. The highest BCUT2D eigenvalue weighted by atomic mass is 16.6. The van der Waals surface area contributed by atoms with Gasteiger partial charge in [0.15, 0.2) is 0 Å². The van der Waals surface area contributed by atoms with Gasteiger partial charge >= 0.3 is 6.09 Å². The quantitative estimate of drug-likeness (QED) is 0.730. The predicted octanol–water partition coefficient (Wildman–Crippen LogP) is 4.17. The number of carbonyl (C=O) groups is 2. The summed E-state index contributed by atoms with van der Waals surface area (Å²) in [5.74, 6) is 0.297. The van der Waals surface area contributed by atoms with E-state index in [0.717, 1.165) is 32.1 Å². The van der Waals surface area contributed by atoms with Gasteiger partial charge in [-0.25, -0.2) is 4.79 Å². The summed E-state index contributed by atoms with van der Waals surface area (Å²) in [5, 5.41) is 0. The first-order valence-corrected chi connectivity index (χ1v) is 8.58. The van der Waals surface area contributed by atoms with E-state index in [2.05, 4.69) is 6.92 Å². The van der Waals surface area contributed by atoms with E-state index in [9.17, 15) is 9.59 Å². The fourth-order valence-electron chi connectivity index (χ4n) is 3.89. The lowest BCUT2D eigenvalue weighted by Crippen LogP contribution is -2.54. The Morgan fingerprint density at radius 3 is 2.36 bits per heavy atom. The number of likely N-dealkylation sites (tertiary alicyclic amines) is 1. The lowest BCUT2D eigenvalue weighted by molar-refractivity contribution is -0.130. The molecule has 1 amide bonds. The first-order chi connectivity index (χ1) is 10.0. The summed E-state index contributed by atoms with van der Waals surface area (Å²) in [6, 6.07) is 0.151. The largest absolute Gasteiger partial charge is 0.444 e. The molecule has 3 unspecified atom stereocenters. The van der Waals surface area contributed by atoms with E-state index in [1.54, 1.807) is 0 Å². The molecule has 22 heavy (non-hydrogen) atoms. The lowest BCUT2D eigenvalue weighted by Gasteiger charge is -2.43.